The van der Waals surface area contributed by atoms with Crippen LogP contribution >= 0.6 is 0 Å². The van der Waals surface area contributed by atoms with Crippen LogP contribution in [0.1, 0.15) is 46.5 Å². The van der Waals surface area contributed by atoms with Gasteiger partial charge in [0.2, 0.25) is 0 Å². The van der Waals surface area contributed by atoms with Crippen molar-refractivity contribution in [3.05, 3.63) is 24.0 Å². The van der Waals surface area contributed by atoms with Crippen LogP contribution in [-0.4, -0.2) is 39.9 Å². The highest BCUT2D eigenvalue weighted by Gasteiger charge is 2.45. The zero-order valence-corrected chi connectivity index (χ0v) is 14.3. The molecule has 1 amide bonds. The molecule has 0 saturated carbocycles. The molecule has 1 unspecified atom stereocenters. The fourth-order valence-corrected chi connectivity index (χ4v) is 3.59. The van der Waals surface area contributed by atoms with Gasteiger partial charge in [-0.1, -0.05) is 0 Å². The average Bonchev–Trinajstić information content (AvgIpc) is 2.73. The molecule has 0 aromatic heterocycles. The summed E-state index contributed by atoms with van der Waals surface area (Å²) in [4.78, 5) is 14.3. The summed E-state index contributed by atoms with van der Waals surface area (Å²) in [5.41, 5.74) is -0.504. The summed E-state index contributed by atoms with van der Waals surface area (Å²) in [5, 5.41) is 9.44. The number of carbonyl (C=O) groups is 1. The first-order chi connectivity index (χ1) is 11.2. The summed E-state index contributed by atoms with van der Waals surface area (Å²) in [5.74, 6) is -0.632. The predicted molar refractivity (Wildman–Crippen MR) is 86.6 cm³/mol. The van der Waals surface area contributed by atoms with Gasteiger partial charge in [0.1, 0.15) is 17.5 Å². The molecule has 2 aliphatic heterocycles. The zero-order chi connectivity index (χ0) is 17.5. The summed E-state index contributed by atoms with van der Waals surface area (Å²) < 4.78 is 24.5. The number of rotatable bonds is 2. The van der Waals surface area contributed by atoms with Crippen molar-refractivity contribution in [2.45, 2.75) is 70.2 Å². The van der Waals surface area contributed by atoms with Crippen molar-refractivity contribution in [3.8, 4) is 11.5 Å². The average molecular weight is 337 g/mol. The van der Waals surface area contributed by atoms with Gasteiger partial charge in [-0.15, -0.1) is 0 Å². The molecule has 1 aromatic carbocycles. The molecule has 6 heteroatoms. The summed E-state index contributed by atoms with van der Waals surface area (Å²) in [6, 6.07) is 4.21. The van der Waals surface area contributed by atoms with Gasteiger partial charge in [-0.3, -0.25) is 0 Å². The van der Waals surface area contributed by atoms with E-state index in [2.05, 4.69) is 0 Å². The molecule has 0 spiro atoms. The monoisotopic (exact) mass is 337 g/mol. The number of phenols is 1. The van der Waals surface area contributed by atoms with E-state index in [1.807, 2.05) is 25.7 Å². The SMILES string of the molecule is CC(C)(C)OC(=O)N1[C@@H]2CC[C@H]1CC(Oc1ccc(F)c(O)c1)C2. The fourth-order valence-electron chi connectivity index (χ4n) is 3.59. The smallest absolute Gasteiger partial charge is 0.410 e. The van der Waals surface area contributed by atoms with Crippen molar-refractivity contribution in [2.24, 2.45) is 0 Å². The number of halogens is 1. The summed E-state index contributed by atoms with van der Waals surface area (Å²) in [6.07, 6.45) is 3.01. The molecule has 24 heavy (non-hydrogen) atoms. The molecule has 1 aromatic rings. The van der Waals surface area contributed by atoms with Crippen LogP contribution in [-0.2, 0) is 4.74 Å². The second kappa shape index (κ2) is 6.15. The maximum atomic E-state index is 13.1. The van der Waals surface area contributed by atoms with E-state index in [0.29, 0.717) is 18.6 Å². The molecule has 132 valence electrons. The molecular formula is C18H24FNO4. The van der Waals surface area contributed by atoms with Crippen molar-refractivity contribution >= 4 is 6.09 Å². The van der Waals surface area contributed by atoms with Crippen LogP contribution < -0.4 is 4.74 Å². The van der Waals surface area contributed by atoms with Crippen LogP contribution in [0.5, 0.6) is 11.5 Å². The van der Waals surface area contributed by atoms with Gasteiger partial charge in [-0.05, 0) is 45.7 Å². The number of benzene rings is 1. The molecular weight excluding hydrogens is 313 g/mol. The third kappa shape index (κ3) is 3.57. The zero-order valence-electron chi connectivity index (χ0n) is 14.3. The van der Waals surface area contributed by atoms with E-state index in [9.17, 15) is 14.3 Å². The molecule has 2 heterocycles. The standard InChI is InChI=1S/C18H24FNO4/c1-18(2,3)24-17(22)20-11-4-5-12(20)9-14(8-11)23-13-6-7-15(19)16(21)10-13/h6-7,10-12,14,21H,4-5,8-9H2,1-3H3/t11-,12+,14?. The molecule has 5 nitrogen and oxygen atoms in total. The summed E-state index contributed by atoms with van der Waals surface area (Å²) >= 11 is 0. The van der Waals surface area contributed by atoms with Crippen molar-refractivity contribution < 1.29 is 23.8 Å². The molecule has 2 bridgehead atoms. The lowest BCUT2D eigenvalue weighted by Gasteiger charge is -2.39. The number of carbonyl (C=O) groups excluding carboxylic acids is 1. The van der Waals surface area contributed by atoms with E-state index in [1.165, 1.54) is 18.2 Å². The molecule has 3 atom stereocenters. The Labute approximate surface area is 141 Å². The highest BCUT2D eigenvalue weighted by molar-refractivity contribution is 5.69. The Morgan fingerprint density at radius 2 is 1.88 bits per heavy atom. The van der Waals surface area contributed by atoms with Gasteiger partial charge >= 0.3 is 6.09 Å². The van der Waals surface area contributed by atoms with E-state index in [4.69, 9.17) is 9.47 Å². The number of amides is 1. The highest BCUT2D eigenvalue weighted by atomic mass is 19.1. The van der Waals surface area contributed by atoms with Crippen molar-refractivity contribution in [1.82, 2.24) is 4.90 Å². The Bertz CT molecular complexity index is 614. The van der Waals surface area contributed by atoms with Crippen LogP contribution in [0.25, 0.3) is 0 Å². The normalized spacial score (nSPS) is 26.3. The van der Waals surface area contributed by atoms with Crippen LogP contribution in [0.2, 0.25) is 0 Å². The Kier molecular flexibility index (Phi) is 4.32. The van der Waals surface area contributed by atoms with E-state index in [-0.39, 0.29) is 24.3 Å². The molecule has 0 radical (unpaired) electrons. The van der Waals surface area contributed by atoms with E-state index < -0.39 is 17.2 Å². The third-order valence-electron chi connectivity index (χ3n) is 4.51. The Morgan fingerprint density at radius 1 is 1.25 bits per heavy atom. The predicted octanol–water partition coefficient (Wildman–Crippen LogP) is 3.84. The first-order valence-electron chi connectivity index (χ1n) is 8.39. The summed E-state index contributed by atoms with van der Waals surface area (Å²) in [7, 11) is 0. The Balaban J connectivity index is 1.64. The number of piperidine rings is 1. The highest BCUT2D eigenvalue weighted by Crippen LogP contribution is 2.38. The minimum absolute atomic E-state index is 0.0500. The van der Waals surface area contributed by atoms with E-state index >= 15 is 0 Å². The topological polar surface area (TPSA) is 59.0 Å². The number of phenolic OH excluding ortho intramolecular Hbond substituents is 1. The van der Waals surface area contributed by atoms with Gasteiger partial charge in [-0.25, -0.2) is 9.18 Å². The van der Waals surface area contributed by atoms with Crippen molar-refractivity contribution in [1.29, 1.82) is 0 Å². The molecule has 2 aliphatic rings. The lowest BCUT2D eigenvalue weighted by atomic mass is 10.00. The quantitative estimate of drug-likeness (QED) is 0.891. The van der Waals surface area contributed by atoms with Crippen LogP contribution in [0.15, 0.2) is 18.2 Å². The molecule has 0 aliphatic carbocycles. The summed E-state index contributed by atoms with van der Waals surface area (Å²) in [6.45, 7) is 5.59. The molecule has 2 saturated heterocycles. The van der Waals surface area contributed by atoms with Gasteiger partial charge in [0.05, 0.1) is 0 Å². The van der Waals surface area contributed by atoms with Crippen LogP contribution in [0.4, 0.5) is 9.18 Å². The van der Waals surface area contributed by atoms with Gasteiger partial charge in [0, 0.05) is 31.0 Å². The van der Waals surface area contributed by atoms with Crippen LogP contribution in [0, 0.1) is 5.82 Å². The van der Waals surface area contributed by atoms with Gasteiger partial charge < -0.3 is 19.5 Å². The number of ether oxygens (including phenoxy) is 2. The minimum atomic E-state index is -0.665. The van der Waals surface area contributed by atoms with Crippen molar-refractivity contribution in [2.75, 3.05) is 0 Å². The molecule has 2 fully saturated rings. The minimum Gasteiger partial charge on any atom is -0.505 e. The van der Waals surface area contributed by atoms with Crippen molar-refractivity contribution in [3.63, 3.8) is 0 Å². The third-order valence-corrected chi connectivity index (χ3v) is 4.51. The van der Waals surface area contributed by atoms with E-state index in [1.54, 1.807) is 0 Å². The Hall–Kier alpha value is -1.98. The maximum absolute atomic E-state index is 13.1. The van der Waals surface area contributed by atoms with Gasteiger partial charge in [-0.2, -0.15) is 0 Å². The van der Waals surface area contributed by atoms with E-state index in [0.717, 1.165) is 12.8 Å². The van der Waals surface area contributed by atoms with Gasteiger partial charge in [0.25, 0.3) is 0 Å². The second-order valence-electron chi connectivity index (χ2n) is 7.60. The number of hydrogen-bond donors (Lipinski definition) is 1. The van der Waals surface area contributed by atoms with Gasteiger partial charge in [0.15, 0.2) is 11.6 Å². The first-order valence-corrected chi connectivity index (χ1v) is 8.39. The number of fused-ring (bicyclic) bond motifs is 2. The lowest BCUT2D eigenvalue weighted by molar-refractivity contribution is -0.00709. The molecule has 3 rings (SSSR count). The largest absolute Gasteiger partial charge is 0.505 e. The maximum Gasteiger partial charge on any atom is 0.410 e. The number of nitrogens with zero attached hydrogens (tertiary/aromatic N) is 1. The molecule has 1 N–H and O–H groups in total. The second-order valence-corrected chi connectivity index (χ2v) is 7.60. The Morgan fingerprint density at radius 3 is 2.42 bits per heavy atom. The van der Waals surface area contributed by atoms with Crippen LogP contribution in [0.3, 0.4) is 0 Å². The fraction of sp³-hybridized carbons (Fsp3) is 0.611. The number of aromatic hydroxyl groups is 1. The number of hydrogen-bond acceptors (Lipinski definition) is 4. The lowest BCUT2D eigenvalue weighted by Crippen LogP contribution is -2.50. The first kappa shape index (κ1) is 16.9.